The highest BCUT2D eigenvalue weighted by atomic mass is 79.9. The van der Waals surface area contributed by atoms with Crippen molar-refractivity contribution in [2.75, 3.05) is 20.8 Å². The van der Waals surface area contributed by atoms with Gasteiger partial charge in [-0.15, -0.1) is 0 Å². The van der Waals surface area contributed by atoms with E-state index in [0.717, 1.165) is 4.47 Å². The van der Waals surface area contributed by atoms with Crippen LogP contribution in [0.25, 0.3) is 10.9 Å². The fourth-order valence-electron chi connectivity index (χ4n) is 2.69. The van der Waals surface area contributed by atoms with Crippen molar-refractivity contribution in [3.8, 4) is 11.5 Å². The van der Waals surface area contributed by atoms with Crippen LogP contribution < -0.4 is 15.0 Å². The number of methoxy groups -OCH3 is 2. The summed E-state index contributed by atoms with van der Waals surface area (Å²) in [7, 11) is 2.69. The molecular weight excluding hydrogens is 557 g/mol. The number of aryl methyl sites for hydroxylation is 1. The largest absolute Gasteiger partial charge is 0.493 e. The van der Waals surface area contributed by atoms with Crippen molar-refractivity contribution in [3.63, 3.8) is 0 Å². The van der Waals surface area contributed by atoms with Crippen LogP contribution in [-0.4, -0.2) is 42.7 Å². The summed E-state index contributed by atoms with van der Waals surface area (Å²) in [6, 6.07) is 6.88. The second-order valence-electron chi connectivity index (χ2n) is 6.17. The van der Waals surface area contributed by atoms with Gasteiger partial charge in [0, 0.05) is 14.5 Å². The molecule has 0 aliphatic heterocycles. The first-order valence-electron chi connectivity index (χ1n) is 8.75. The van der Waals surface area contributed by atoms with Gasteiger partial charge >= 0.3 is 5.97 Å². The van der Waals surface area contributed by atoms with Crippen molar-refractivity contribution in [1.29, 1.82) is 0 Å². The molecule has 0 radical (unpaired) electrons. The van der Waals surface area contributed by atoms with E-state index in [-0.39, 0.29) is 28.7 Å². The van der Waals surface area contributed by atoms with Gasteiger partial charge in [0.25, 0.3) is 5.56 Å². The number of ether oxygens (including phenoxy) is 3. The van der Waals surface area contributed by atoms with E-state index in [1.807, 2.05) is 6.07 Å². The standard InChI is InChI=1S/C20H16Br2ClN3O5/c1-10-25-14-5-4-12(21)7-13(14)20(28)26(10)24-8-11-6-15(29-2)19(18(23)17(11)22)31-9-16(27)30-3/h4-8H,9H2,1-3H3. The van der Waals surface area contributed by atoms with Gasteiger partial charge in [-0.05, 0) is 47.1 Å². The minimum atomic E-state index is -0.565. The third kappa shape index (κ3) is 4.91. The predicted molar refractivity (Wildman–Crippen MR) is 125 cm³/mol. The average molecular weight is 574 g/mol. The summed E-state index contributed by atoms with van der Waals surface area (Å²) in [6.07, 6.45) is 1.45. The van der Waals surface area contributed by atoms with Gasteiger partial charge < -0.3 is 14.2 Å². The number of fused-ring (bicyclic) bond motifs is 1. The van der Waals surface area contributed by atoms with E-state index < -0.39 is 5.97 Å². The molecule has 0 aliphatic rings. The first-order valence-corrected chi connectivity index (χ1v) is 10.7. The Morgan fingerprint density at radius 2 is 2.03 bits per heavy atom. The Bertz CT molecular complexity index is 1260. The Morgan fingerprint density at radius 3 is 2.71 bits per heavy atom. The molecule has 0 aliphatic carbocycles. The number of nitrogens with zero attached hydrogens (tertiary/aromatic N) is 3. The van der Waals surface area contributed by atoms with Crippen molar-refractivity contribution in [2.24, 2.45) is 5.10 Å². The van der Waals surface area contributed by atoms with Crippen molar-refractivity contribution in [1.82, 2.24) is 9.66 Å². The molecule has 0 unspecified atom stereocenters. The molecule has 0 bridgehead atoms. The monoisotopic (exact) mass is 571 g/mol. The molecule has 0 spiro atoms. The third-order valence-electron chi connectivity index (χ3n) is 4.22. The number of esters is 1. The van der Waals surface area contributed by atoms with E-state index in [2.05, 4.69) is 46.7 Å². The molecule has 0 fully saturated rings. The minimum Gasteiger partial charge on any atom is -0.493 e. The summed E-state index contributed by atoms with van der Waals surface area (Å²) in [5.41, 5.74) is 0.787. The number of halogens is 3. The zero-order chi connectivity index (χ0) is 22.7. The average Bonchev–Trinajstić information content (AvgIpc) is 2.75. The Hall–Kier alpha value is -2.43. The fourth-order valence-corrected chi connectivity index (χ4v) is 3.71. The number of carbonyl (C=O) groups is 1. The zero-order valence-corrected chi connectivity index (χ0v) is 20.5. The van der Waals surface area contributed by atoms with E-state index in [1.165, 1.54) is 25.1 Å². The molecule has 31 heavy (non-hydrogen) atoms. The maximum atomic E-state index is 12.9. The summed E-state index contributed by atoms with van der Waals surface area (Å²) >= 11 is 13.2. The summed E-state index contributed by atoms with van der Waals surface area (Å²) in [4.78, 5) is 28.7. The van der Waals surface area contributed by atoms with Gasteiger partial charge in [-0.3, -0.25) is 4.79 Å². The quantitative estimate of drug-likeness (QED) is 0.322. The predicted octanol–water partition coefficient (Wildman–Crippen LogP) is 4.33. The first kappa shape index (κ1) is 23.2. The van der Waals surface area contributed by atoms with Crippen LogP contribution in [-0.2, 0) is 9.53 Å². The molecule has 3 rings (SSSR count). The van der Waals surface area contributed by atoms with Crippen LogP contribution in [0, 0.1) is 6.92 Å². The molecule has 0 saturated carbocycles. The molecule has 8 nitrogen and oxygen atoms in total. The van der Waals surface area contributed by atoms with E-state index in [9.17, 15) is 9.59 Å². The van der Waals surface area contributed by atoms with Gasteiger partial charge in [0.1, 0.15) is 10.8 Å². The van der Waals surface area contributed by atoms with Crippen molar-refractivity contribution >= 4 is 66.5 Å². The fraction of sp³-hybridized carbons (Fsp3) is 0.200. The van der Waals surface area contributed by atoms with Crippen molar-refractivity contribution in [3.05, 3.63) is 60.0 Å². The van der Waals surface area contributed by atoms with Gasteiger partial charge in [0.15, 0.2) is 18.1 Å². The molecule has 0 atom stereocenters. The smallest absolute Gasteiger partial charge is 0.343 e. The van der Waals surface area contributed by atoms with Gasteiger partial charge in [-0.1, -0.05) is 27.5 Å². The normalized spacial score (nSPS) is 11.2. The molecule has 162 valence electrons. The topological polar surface area (TPSA) is 92.0 Å². The lowest BCUT2D eigenvalue weighted by molar-refractivity contribution is -0.142. The Labute approximate surface area is 199 Å². The summed E-state index contributed by atoms with van der Waals surface area (Å²) < 4.78 is 17.7. The van der Waals surface area contributed by atoms with Gasteiger partial charge in [0.05, 0.1) is 31.3 Å². The highest BCUT2D eigenvalue weighted by Crippen LogP contribution is 2.42. The highest BCUT2D eigenvalue weighted by Gasteiger charge is 2.18. The Morgan fingerprint density at radius 1 is 1.29 bits per heavy atom. The second-order valence-corrected chi connectivity index (χ2v) is 8.26. The van der Waals surface area contributed by atoms with Crippen molar-refractivity contribution in [2.45, 2.75) is 6.92 Å². The number of aromatic nitrogens is 2. The van der Waals surface area contributed by atoms with Gasteiger partial charge in [-0.25, -0.2) is 9.78 Å². The molecule has 0 saturated heterocycles. The summed E-state index contributed by atoms with van der Waals surface area (Å²) in [5, 5.41) is 4.90. The second kappa shape index (κ2) is 9.80. The Kier molecular flexibility index (Phi) is 7.34. The Balaban J connectivity index is 2.04. The summed E-state index contributed by atoms with van der Waals surface area (Å²) in [6.45, 7) is 1.35. The SMILES string of the molecule is COC(=O)COc1c(OC)cc(C=Nn2c(C)nc3ccc(Br)cc3c2=O)c(Br)c1Cl. The molecule has 1 aromatic heterocycles. The number of hydrogen-bond donors (Lipinski definition) is 0. The van der Waals surface area contributed by atoms with E-state index in [4.69, 9.17) is 21.1 Å². The van der Waals surface area contributed by atoms with Crippen LogP contribution in [0.2, 0.25) is 5.02 Å². The maximum absolute atomic E-state index is 12.9. The number of rotatable bonds is 6. The maximum Gasteiger partial charge on any atom is 0.343 e. The molecule has 0 N–H and O–H groups in total. The molecule has 3 aromatic rings. The van der Waals surface area contributed by atoms with E-state index in [1.54, 1.807) is 25.1 Å². The molecule has 11 heteroatoms. The van der Waals surface area contributed by atoms with Gasteiger partial charge in [-0.2, -0.15) is 9.78 Å². The van der Waals surface area contributed by atoms with Gasteiger partial charge in [0.2, 0.25) is 0 Å². The van der Waals surface area contributed by atoms with Crippen LogP contribution in [0.4, 0.5) is 0 Å². The number of benzene rings is 2. The van der Waals surface area contributed by atoms with E-state index in [0.29, 0.717) is 26.8 Å². The van der Waals surface area contributed by atoms with Crippen LogP contribution in [0.5, 0.6) is 11.5 Å². The van der Waals surface area contributed by atoms with Crippen LogP contribution in [0.1, 0.15) is 11.4 Å². The number of carbonyl (C=O) groups excluding carboxylic acids is 1. The van der Waals surface area contributed by atoms with E-state index >= 15 is 0 Å². The first-order chi connectivity index (χ1) is 14.8. The zero-order valence-electron chi connectivity index (χ0n) is 16.6. The molecular formula is C20H16Br2ClN3O5. The minimum absolute atomic E-state index is 0.171. The lowest BCUT2D eigenvalue weighted by Gasteiger charge is -2.14. The lowest BCUT2D eigenvalue weighted by Crippen LogP contribution is -2.20. The molecule has 2 aromatic carbocycles. The highest BCUT2D eigenvalue weighted by molar-refractivity contribution is 9.10. The third-order valence-corrected chi connectivity index (χ3v) is 6.16. The van der Waals surface area contributed by atoms with Crippen LogP contribution >= 0.6 is 43.5 Å². The lowest BCUT2D eigenvalue weighted by atomic mass is 10.2. The van der Waals surface area contributed by atoms with Crippen molar-refractivity contribution < 1.29 is 19.0 Å². The molecule has 1 heterocycles. The van der Waals surface area contributed by atoms with Crippen LogP contribution in [0.3, 0.4) is 0 Å². The summed E-state index contributed by atoms with van der Waals surface area (Å²) in [5.74, 6) is 0.306. The van der Waals surface area contributed by atoms with Crippen LogP contribution in [0.15, 0.2) is 43.1 Å². The molecule has 0 amide bonds. The number of hydrogen-bond acceptors (Lipinski definition) is 7.